The third-order valence-corrected chi connectivity index (χ3v) is 2.81. The molecule has 0 saturated carbocycles. The van der Waals surface area contributed by atoms with Crippen LogP contribution >= 0.6 is 0 Å². The zero-order chi connectivity index (χ0) is 11.5. The van der Waals surface area contributed by atoms with Crippen molar-refractivity contribution in [3.05, 3.63) is 36.0 Å². The van der Waals surface area contributed by atoms with Gasteiger partial charge in [-0.3, -0.25) is 4.79 Å². The lowest BCUT2D eigenvalue weighted by molar-refractivity contribution is 0.100. The highest BCUT2D eigenvalue weighted by molar-refractivity contribution is 6.05. The van der Waals surface area contributed by atoms with E-state index < -0.39 is 0 Å². The van der Waals surface area contributed by atoms with E-state index in [9.17, 15) is 4.79 Å². The van der Waals surface area contributed by atoms with E-state index in [0.717, 1.165) is 30.3 Å². The first-order valence-electron chi connectivity index (χ1n) is 5.61. The number of primary amides is 1. The third-order valence-electron chi connectivity index (χ3n) is 2.81. The first-order chi connectivity index (χ1) is 7.74. The minimum atomic E-state index is -0.359. The molecule has 84 valence electrons. The number of nitrogens with two attached hydrogens (primary N) is 1. The van der Waals surface area contributed by atoms with Crippen molar-refractivity contribution in [2.24, 2.45) is 5.73 Å². The summed E-state index contributed by atoms with van der Waals surface area (Å²) in [5.74, 6) is -0.359. The van der Waals surface area contributed by atoms with Gasteiger partial charge in [0.2, 0.25) is 0 Å². The van der Waals surface area contributed by atoms with Crippen LogP contribution in [0.3, 0.4) is 0 Å². The van der Waals surface area contributed by atoms with Crippen LogP contribution < -0.4 is 5.73 Å². The van der Waals surface area contributed by atoms with Gasteiger partial charge in [0.05, 0.1) is 11.1 Å². The topological polar surface area (TPSA) is 48.0 Å². The molecular formula is C13H16N2O. The highest BCUT2D eigenvalue weighted by atomic mass is 16.1. The molecule has 1 amide bonds. The molecule has 16 heavy (non-hydrogen) atoms. The molecule has 0 atom stereocenters. The largest absolute Gasteiger partial charge is 0.366 e. The Bertz CT molecular complexity index is 514. The molecule has 1 aromatic carbocycles. The Morgan fingerprint density at radius 1 is 1.38 bits per heavy atom. The predicted octanol–water partition coefficient (Wildman–Crippen LogP) is 2.54. The van der Waals surface area contributed by atoms with Gasteiger partial charge in [0.25, 0.3) is 5.91 Å². The standard InChI is InChI=1S/C13H16N2O/c1-2-3-8-15-9-7-10-5-4-6-11(12(10)15)13(14)16/h4-7,9H,2-3,8H2,1H3,(H2,14,16). The zero-order valence-electron chi connectivity index (χ0n) is 9.44. The highest BCUT2D eigenvalue weighted by Crippen LogP contribution is 2.20. The van der Waals surface area contributed by atoms with Crippen LogP contribution in [0.5, 0.6) is 0 Å². The second-order valence-corrected chi connectivity index (χ2v) is 3.97. The van der Waals surface area contributed by atoms with Gasteiger partial charge in [-0.05, 0) is 18.6 Å². The Morgan fingerprint density at radius 2 is 2.19 bits per heavy atom. The first kappa shape index (κ1) is 10.7. The van der Waals surface area contributed by atoms with Crippen LogP contribution in [0, 0.1) is 0 Å². The van der Waals surface area contributed by atoms with Crippen molar-refractivity contribution in [2.45, 2.75) is 26.3 Å². The lowest BCUT2D eigenvalue weighted by Gasteiger charge is -2.07. The summed E-state index contributed by atoms with van der Waals surface area (Å²) in [6.07, 6.45) is 4.27. The molecule has 0 aliphatic rings. The fraction of sp³-hybridized carbons (Fsp3) is 0.308. The van der Waals surface area contributed by atoms with Crippen LogP contribution in [-0.2, 0) is 6.54 Å². The van der Waals surface area contributed by atoms with Crippen molar-refractivity contribution in [2.75, 3.05) is 0 Å². The van der Waals surface area contributed by atoms with Gasteiger partial charge >= 0.3 is 0 Å². The number of aryl methyl sites for hydroxylation is 1. The van der Waals surface area contributed by atoms with E-state index in [1.165, 1.54) is 0 Å². The van der Waals surface area contributed by atoms with E-state index in [2.05, 4.69) is 11.5 Å². The number of carbonyl (C=O) groups is 1. The van der Waals surface area contributed by atoms with Gasteiger partial charge in [0, 0.05) is 18.1 Å². The molecule has 3 heteroatoms. The monoisotopic (exact) mass is 216 g/mol. The number of carbonyl (C=O) groups excluding carboxylic acids is 1. The predicted molar refractivity (Wildman–Crippen MR) is 65.4 cm³/mol. The number of fused-ring (bicyclic) bond motifs is 1. The molecule has 0 saturated heterocycles. The molecule has 0 unspecified atom stereocenters. The summed E-state index contributed by atoms with van der Waals surface area (Å²) < 4.78 is 2.11. The second-order valence-electron chi connectivity index (χ2n) is 3.97. The summed E-state index contributed by atoms with van der Waals surface area (Å²) in [6, 6.07) is 7.68. The molecule has 2 rings (SSSR count). The van der Waals surface area contributed by atoms with Crippen molar-refractivity contribution >= 4 is 16.8 Å². The van der Waals surface area contributed by atoms with Crippen LogP contribution in [0.4, 0.5) is 0 Å². The first-order valence-corrected chi connectivity index (χ1v) is 5.61. The Hall–Kier alpha value is -1.77. The summed E-state index contributed by atoms with van der Waals surface area (Å²) >= 11 is 0. The van der Waals surface area contributed by atoms with E-state index in [1.54, 1.807) is 6.07 Å². The van der Waals surface area contributed by atoms with Gasteiger partial charge in [-0.25, -0.2) is 0 Å². The minimum Gasteiger partial charge on any atom is -0.366 e. The smallest absolute Gasteiger partial charge is 0.250 e. The Morgan fingerprint density at radius 3 is 2.88 bits per heavy atom. The molecule has 0 bridgehead atoms. The van der Waals surface area contributed by atoms with E-state index in [-0.39, 0.29) is 5.91 Å². The molecule has 2 N–H and O–H groups in total. The summed E-state index contributed by atoms with van der Waals surface area (Å²) in [4.78, 5) is 11.3. The summed E-state index contributed by atoms with van der Waals surface area (Å²) in [7, 11) is 0. The molecule has 0 radical (unpaired) electrons. The molecule has 0 spiro atoms. The fourth-order valence-corrected chi connectivity index (χ4v) is 1.97. The van der Waals surface area contributed by atoms with Gasteiger partial charge in [-0.2, -0.15) is 0 Å². The molecule has 3 nitrogen and oxygen atoms in total. The number of hydrogen-bond donors (Lipinski definition) is 1. The zero-order valence-corrected chi connectivity index (χ0v) is 9.44. The van der Waals surface area contributed by atoms with E-state index in [0.29, 0.717) is 5.56 Å². The number of unbranched alkanes of at least 4 members (excludes halogenated alkanes) is 1. The minimum absolute atomic E-state index is 0.359. The second kappa shape index (κ2) is 4.39. The van der Waals surface area contributed by atoms with Crippen molar-refractivity contribution in [3.8, 4) is 0 Å². The lowest BCUT2D eigenvalue weighted by Crippen LogP contribution is -2.13. The van der Waals surface area contributed by atoms with Crippen LogP contribution in [0.2, 0.25) is 0 Å². The maximum Gasteiger partial charge on any atom is 0.250 e. The van der Waals surface area contributed by atoms with Gasteiger partial charge in [-0.15, -0.1) is 0 Å². The maximum absolute atomic E-state index is 11.3. The normalized spacial score (nSPS) is 10.8. The Balaban J connectivity index is 2.54. The van der Waals surface area contributed by atoms with Crippen molar-refractivity contribution < 1.29 is 4.79 Å². The molecule has 0 aliphatic carbocycles. The average Bonchev–Trinajstić information content (AvgIpc) is 2.69. The molecule has 1 heterocycles. The van der Waals surface area contributed by atoms with Gasteiger partial charge in [0.15, 0.2) is 0 Å². The van der Waals surface area contributed by atoms with Crippen molar-refractivity contribution in [1.29, 1.82) is 0 Å². The molecule has 0 aliphatic heterocycles. The van der Waals surface area contributed by atoms with E-state index >= 15 is 0 Å². The fourth-order valence-electron chi connectivity index (χ4n) is 1.97. The Labute approximate surface area is 94.9 Å². The van der Waals surface area contributed by atoms with Gasteiger partial charge < -0.3 is 10.3 Å². The summed E-state index contributed by atoms with van der Waals surface area (Å²) in [5.41, 5.74) is 6.96. The van der Waals surface area contributed by atoms with Gasteiger partial charge in [-0.1, -0.05) is 25.5 Å². The number of benzene rings is 1. The number of amides is 1. The number of hydrogen-bond acceptors (Lipinski definition) is 1. The highest BCUT2D eigenvalue weighted by Gasteiger charge is 2.09. The van der Waals surface area contributed by atoms with Crippen molar-refractivity contribution in [1.82, 2.24) is 4.57 Å². The van der Waals surface area contributed by atoms with Crippen LogP contribution in [0.1, 0.15) is 30.1 Å². The van der Waals surface area contributed by atoms with E-state index in [1.807, 2.05) is 24.4 Å². The average molecular weight is 216 g/mol. The van der Waals surface area contributed by atoms with Crippen molar-refractivity contribution in [3.63, 3.8) is 0 Å². The number of aromatic nitrogens is 1. The summed E-state index contributed by atoms with van der Waals surface area (Å²) in [5, 5.41) is 1.08. The van der Waals surface area contributed by atoms with E-state index in [4.69, 9.17) is 5.73 Å². The summed E-state index contributed by atoms with van der Waals surface area (Å²) in [6.45, 7) is 3.09. The number of rotatable bonds is 4. The molecule has 1 aromatic heterocycles. The SMILES string of the molecule is CCCCn1ccc2cccc(C(N)=O)c21. The van der Waals surface area contributed by atoms with Crippen LogP contribution in [0.25, 0.3) is 10.9 Å². The number of para-hydroxylation sites is 1. The lowest BCUT2D eigenvalue weighted by atomic mass is 10.1. The van der Waals surface area contributed by atoms with Crippen LogP contribution in [-0.4, -0.2) is 10.5 Å². The third kappa shape index (κ3) is 1.81. The van der Waals surface area contributed by atoms with Gasteiger partial charge in [0.1, 0.15) is 0 Å². The molecule has 0 fully saturated rings. The quantitative estimate of drug-likeness (QED) is 0.838. The maximum atomic E-state index is 11.3. The molecular weight excluding hydrogens is 200 g/mol. The Kier molecular flexibility index (Phi) is 2.95. The number of nitrogens with zero attached hydrogens (tertiary/aromatic N) is 1. The van der Waals surface area contributed by atoms with Crippen LogP contribution in [0.15, 0.2) is 30.5 Å². The molecule has 2 aromatic rings.